The van der Waals surface area contributed by atoms with Gasteiger partial charge in [-0.3, -0.25) is 5.32 Å². The van der Waals surface area contributed by atoms with Crippen molar-refractivity contribution < 1.29 is 18.3 Å². The quantitative estimate of drug-likeness (QED) is 0.606. The molecule has 0 aliphatic heterocycles. The Hall–Kier alpha value is -3.55. The molecule has 3 rings (SSSR count). The molecule has 0 saturated carbocycles. The normalized spacial score (nSPS) is 11.1. The molecule has 0 radical (unpaired) electrons. The highest BCUT2D eigenvalue weighted by Gasteiger charge is 2.16. The number of benzene rings is 2. The van der Waals surface area contributed by atoms with Crippen molar-refractivity contribution >= 4 is 23.3 Å². The van der Waals surface area contributed by atoms with Crippen LogP contribution in [0.4, 0.5) is 30.8 Å². The second-order valence-electron chi connectivity index (χ2n) is 7.25. The number of aromatic nitrogens is 2. The minimum absolute atomic E-state index is 0.436. The van der Waals surface area contributed by atoms with Crippen LogP contribution < -0.4 is 10.6 Å². The molecule has 0 spiro atoms. The molecule has 0 fully saturated rings. The number of hydrogen-bond donors (Lipinski definition) is 2. The maximum absolute atomic E-state index is 13.5. The molecule has 1 heterocycles. The fourth-order valence-electron chi connectivity index (χ4n) is 2.45. The lowest BCUT2D eigenvalue weighted by molar-refractivity contribution is 0.0636. The molecule has 1 aromatic heterocycles. The molecule has 150 valence electrons. The summed E-state index contributed by atoms with van der Waals surface area (Å²) in [5.74, 6) is -1.38. The van der Waals surface area contributed by atoms with Crippen molar-refractivity contribution in [1.82, 2.24) is 9.97 Å². The van der Waals surface area contributed by atoms with Crippen LogP contribution in [0.15, 0.2) is 54.9 Å². The van der Waals surface area contributed by atoms with Crippen LogP contribution in [0.25, 0.3) is 11.3 Å². The molecule has 0 saturated heterocycles. The van der Waals surface area contributed by atoms with E-state index < -0.39 is 23.3 Å². The van der Waals surface area contributed by atoms with Crippen LogP contribution in [0.3, 0.4) is 0 Å². The Balaban J connectivity index is 1.69. The molecular weight excluding hydrogens is 378 g/mol. The summed E-state index contributed by atoms with van der Waals surface area (Å²) < 4.78 is 31.8. The molecule has 29 heavy (non-hydrogen) atoms. The SMILES string of the molecule is CC(C)(C)OC(=O)Nc1ccc(Nc2cc(-c3ccc(F)c(F)c3)ncn2)cc1. The summed E-state index contributed by atoms with van der Waals surface area (Å²) in [6.07, 6.45) is 0.794. The van der Waals surface area contributed by atoms with Gasteiger partial charge in [0.2, 0.25) is 0 Å². The zero-order valence-corrected chi connectivity index (χ0v) is 16.2. The van der Waals surface area contributed by atoms with Crippen LogP contribution >= 0.6 is 0 Å². The van der Waals surface area contributed by atoms with Gasteiger partial charge in [0.1, 0.15) is 17.7 Å². The highest BCUT2D eigenvalue weighted by molar-refractivity contribution is 5.85. The van der Waals surface area contributed by atoms with Crippen LogP contribution in [0.5, 0.6) is 0 Å². The van der Waals surface area contributed by atoms with Gasteiger partial charge < -0.3 is 10.1 Å². The van der Waals surface area contributed by atoms with E-state index in [2.05, 4.69) is 20.6 Å². The number of carbonyl (C=O) groups is 1. The number of ether oxygens (including phenoxy) is 1. The molecule has 6 nitrogen and oxygen atoms in total. The maximum Gasteiger partial charge on any atom is 0.412 e. The van der Waals surface area contributed by atoms with Gasteiger partial charge >= 0.3 is 6.09 Å². The molecule has 2 N–H and O–H groups in total. The highest BCUT2D eigenvalue weighted by atomic mass is 19.2. The van der Waals surface area contributed by atoms with Crippen molar-refractivity contribution in [2.45, 2.75) is 26.4 Å². The van der Waals surface area contributed by atoms with Crippen molar-refractivity contribution in [3.63, 3.8) is 0 Å². The first-order valence-electron chi connectivity index (χ1n) is 8.84. The van der Waals surface area contributed by atoms with Crippen LogP contribution in [-0.4, -0.2) is 21.7 Å². The number of nitrogens with one attached hydrogen (secondary N) is 2. The lowest BCUT2D eigenvalue weighted by Crippen LogP contribution is -2.27. The van der Waals surface area contributed by atoms with Crippen molar-refractivity contribution in [1.29, 1.82) is 0 Å². The topological polar surface area (TPSA) is 76.1 Å². The van der Waals surface area contributed by atoms with Gasteiger partial charge in [0.15, 0.2) is 11.6 Å². The predicted molar refractivity (Wildman–Crippen MR) is 107 cm³/mol. The summed E-state index contributed by atoms with van der Waals surface area (Å²) in [5, 5.41) is 5.75. The third kappa shape index (κ3) is 5.71. The molecular formula is C21H20F2N4O2. The maximum atomic E-state index is 13.5. The number of carbonyl (C=O) groups excluding carboxylic acids is 1. The van der Waals surface area contributed by atoms with E-state index in [0.29, 0.717) is 22.8 Å². The number of rotatable bonds is 4. The van der Waals surface area contributed by atoms with Crippen LogP contribution in [-0.2, 0) is 4.74 Å². The van der Waals surface area contributed by atoms with Gasteiger partial charge in [-0.1, -0.05) is 0 Å². The monoisotopic (exact) mass is 398 g/mol. The Labute approximate surface area is 167 Å². The molecule has 0 aliphatic rings. The second-order valence-corrected chi connectivity index (χ2v) is 7.25. The Bertz CT molecular complexity index is 1020. The number of hydrogen-bond acceptors (Lipinski definition) is 5. The summed E-state index contributed by atoms with van der Waals surface area (Å²) in [4.78, 5) is 20.0. The zero-order valence-electron chi connectivity index (χ0n) is 16.2. The van der Waals surface area contributed by atoms with Gasteiger partial charge in [0, 0.05) is 23.0 Å². The first-order valence-corrected chi connectivity index (χ1v) is 8.84. The standard InChI is InChI=1S/C21H20F2N4O2/c1-21(2,3)29-20(28)27-15-7-5-14(6-8-15)26-19-11-18(24-12-25-19)13-4-9-16(22)17(23)10-13/h4-12H,1-3H3,(H,27,28)(H,24,25,26). The number of halogens is 2. The second kappa shape index (κ2) is 8.22. The number of amides is 1. The van der Waals surface area contributed by atoms with Gasteiger partial charge in [-0.15, -0.1) is 0 Å². The molecule has 8 heteroatoms. The molecule has 0 unspecified atom stereocenters. The largest absolute Gasteiger partial charge is 0.444 e. The number of anilines is 3. The molecule has 0 atom stereocenters. The molecule has 0 bridgehead atoms. The average molecular weight is 398 g/mol. The van der Waals surface area contributed by atoms with Gasteiger partial charge in [-0.2, -0.15) is 0 Å². The third-order valence-electron chi connectivity index (χ3n) is 3.69. The molecule has 0 aliphatic carbocycles. The van der Waals surface area contributed by atoms with E-state index in [1.54, 1.807) is 51.1 Å². The van der Waals surface area contributed by atoms with Crippen molar-refractivity contribution in [3.8, 4) is 11.3 Å². The first kappa shape index (κ1) is 20.2. The van der Waals surface area contributed by atoms with Crippen molar-refractivity contribution in [2.24, 2.45) is 0 Å². The first-order chi connectivity index (χ1) is 13.7. The Kier molecular flexibility index (Phi) is 5.72. The summed E-state index contributed by atoms with van der Waals surface area (Å²) in [5.41, 5.74) is 1.60. The van der Waals surface area contributed by atoms with Gasteiger partial charge in [-0.05, 0) is 63.2 Å². The fraction of sp³-hybridized carbons (Fsp3) is 0.190. The van der Waals surface area contributed by atoms with Gasteiger partial charge in [0.25, 0.3) is 0 Å². The summed E-state index contributed by atoms with van der Waals surface area (Å²) in [7, 11) is 0. The minimum atomic E-state index is -0.941. The molecule has 1 amide bonds. The van der Waals surface area contributed by atoms with E-state index in [4.69, 9.17) is 4.74 Å². The third-order valence-corrected chi connectivity index (χ3v) is 3.69. The summed E-state index contributed by atoms with van der Waals surface area (Å²) in [6, 6.07) is 12.1. The summed E-state index contributed by atoms with van der Waals surface area (Å²) >= 11 is 0. The Morgan fingerprint density at radius 2 is 1.62 bits per heavy atom. The van der Waals surface area contributed by atoms with Crippen LogP contribution in [0.2, 0.25) is 0 Å². The van der Waals surface area contributed by atoms with E-state index in [1.165, 1.54) is 12.4 Å². The average Bonchev–Trinajstić information content (AvgIpc) is 2.64. The lowest BCUT2D eigenvalue weighted by atomic mass is 10.1. The van der Waals surface area contributed by atoms with E-state index in [9.17, 15) is 13.6 Å². The van der Waals surface area contributed by atoms with Crippen LogP contribution in [0.1, 0.15) is 20.8 Å². The smallest absolute Gasteiger partial charge is 0.412 e. The Morgan fingerprint density at radius 1 is 0.931 bits per heavy atom. The van der Waals surface area contributed by atoms with Crippen molar-refractivity contribution in [2.75, 3.05) is 10.6 Å². The highest BCUT2D eigenvalue weighted by Crippen LogP contribution is 2.23. The minimum Gasteiger partial charge on any atom is -0.444 e. The predicted octanol–water partition coefficient (Wildman–Crippen LogP) is 5.51. The van der Waals surface area contributed by atoms with Gasteiger partial charge in [0.05, 0.1) is 5.69 Å². The molecule has 3 aromatic rings. The van der Waals surface area contributed by atoms with E-state index >= 15 is 0 Å². The van der Waals surface area contributed by atoms with E-state index in [0.717, 1.165) is 17.8 Å². The zero-order chi connectivity index (χ0) is 21.0. The van der Waals surface area contributed by atoms with Gasteiger partial charge in [-0.25, -0.2) is 23.5 Å². The molecule has 2 aromatic carbocycles. The van der Waals surface area contributed by atoms with E-state index in [-0.39, 0.29) is 0 Å². The summed E-state index contributed by atoms with van der Waals surface area (Å²) in [6.45, 7) is 5.36. The number of nitrogens with zero attached hydrogens (tertiary/aromatic N) is 2. The Morgan fingerprint density at radius 3 is 2.28 bits per heavy atom. The lowest BCUT2D eigenvalue weighted by Gasteiger charge is -2.19. The van der Waals surface area contributed by atoms with E-state index in [1.807, 2.05) is 0 Å². The van der Waals surface area contributed by atoms with Crippen molar-refractivity contribution in [3.05, 3.63) is 66.5 Å². The van der Waals surface area contributed by atoms with Crippen LogP contribution in [0, 0.1) is 11.6 Å². The fourth-order valence-corrected chi connectivity index (χ4v) is 2.45.